The van der Waals surface area contributed by atoms with Crippen molar-refractivity contribution in [3.05, 3.63) is 43.8 Å². The zero-order chi connectivity index (χ0) is 13.9. The molecule has 1 aliphatic heterocycles. The maximum atomic E-state index is 3.51. The summed E-state index contributed by atoms with van der Waals surface area (Å²) in [5, 5.41) is 3.51. The lowest BCUT2D eigenvalue weighted by molar-refractivity contribution is 0.247. The van der Waals surface area contributed by atoms with Crippen LogP contribution in [0, 0.1) is 13.8 Å². The highest BCUT2D eigenvalue weighted by Gasteiger charge is 2.25. The Morgan fingerprint density at radius 3 is 2.15 bits per heavy atom. The lowest BCUT2D eigenvalue weighted by Gasteiger charge is -2.29. The highest BCUT2D eigenvalue weighted by molar-refractivity contribution is 7.13. The molecule has 0 spiro atoms. The maximum absolute atomic E-state index is 3.51. The summed E-state index contributed by atoms with van der Waals surface area (Å²) in [6.45, 7) is 8.98. The average Bonchev–Trinajstić information content (AvgIpc) is 2.93. The van der Waals surface area contributed by atoms with Crippen molar-refractivity contribution in [2.75, 3.05) is 26.2 Å². The van der Waals surface area contributed by atoms with Crippen LogP contribution in [0.5, 0.6) is 0 Å². The zero-order valence-corrected chi connectivity index (χ0v) is 13.8. The summed E-state index contributed by atoms with van der Waals surface area (Å²) < 4.78 is 0. The quantitative estimate of drug-likeness (QED) is 0.927. The Kier molecular flexibility index (Phi) is 4.56. The minimum atomic E-state index is 0.451. The second-order valence-corrected chi connectivity index (χ2v) is 8.08. The molecule has 0 bridgehead atoms. The Bertz CT molecular complexity index is 510. The zero-order valence-electron chi connectivity index (χ0n) is 12.2. The van der Waals surface area contributed by atoms with Crippen molar-refractivity contribution >= 4 is 22.7 Å². The minimum absolute atomic E-state index is 0.451. The van der Waals surface area contributed by atoms with Gasteiger partial charge >= 0.3 is 0 Å². The Hall–Kier alpha value is -0.680. The van der Waals surface area contributed by atoms with Crippen molar-refractivity contribution in [3.8, 4) is 0 Å². The molecule has 0 unspecified atom stereocenters. The number of nitrogens with one attached hydrogen (secondary N) is 1. The molecule has 1 N–H and O–H groups in total. The Balaban J connectivity index is 1.94. The molecule has 108 valence electrons. The van der Waals surface area contributed by atoms with E-state index in [1.54, 1.807) is 0 Å². The van der Waals surface area contributed by atoms with Crippen LogP contribution >= 0.6 is 22.7 Å². The SMILES string of the molecule is Cc1ccc(C(c2ccc(C)s2)N2CCCNCC2)s1. The first-order valence-corrected chi connectivity index (χ1v) is 8.95. The molecule has 0 amide bonds. The Morgan fingerprint density at radius 2 is 1.60 bits per heavy atom. The van der Waals surface area contributed by atoms with Crippen LogP contribution in [0.3, 0.4) is 0 Å². The smallest absolute Gasteiger partial charge is 0.0790 e. The Labute approximate surface area is 129 Å². The fourth-order valence-electron chi connectivity index (χ4n) is 2.83. The summed E-state index contributed by atoms with van der Waals surface area (Å²) in [6.07, 6.45) is 1.24. The van der Waals surface area contributed by atoms with Gasteiger partial charge in [-0.25, -0.2) is 0 Å². The highest BCUT2D eigenvalue weighted by atomic mass is 32.1. The van der Waals surface area contributed by atoms with Gasteiger partial charge in [0.25, 0.3) is 0 Å². The summed E-state index contributed by atoms with van der Waals surface area (Å²) >= 11 is 3.89. The fourth-order valence-corrected chi connectivity index (χ4v) is 4.96. The molecule has 0 aliphatic carbocycles. The topological polar surface area (TPSA) is 15.3 Å². The van der Waals surface area contributed by atoms with Crippen LogP contribution in [0.25, 0.3) is 0 Å². The first-order chi connectivity index (χ1) is 9.74. The standard InChI is InChI=1S/C16H22N2S2/c1-12-4-6-14(19-12)16(15-7-5-13(2)20-15)18-10-3-8-17-9-11-18/h4-7,16-17H,3,8-11H2,1-2H3. The van der Waals surface area contributed by atoms with E-state index in [1.165, 1.54) is 32.5 Å². The molecule has 3 rings (SSSR count). The van der Waals surface area contributed by atoms with Gasteiger partial charge in [0.2, 0.25) is 0 Å². The molecule has 2 nitrogen and oxygen atoms in total. The number of thiophene rings is 2. The van der Waals surface area contributed by atoms with E-state index in [4.69, 9.17) is 0 Å². The lowest BCUT2D eigenvalue weighted by Crippen LogP contribution is -2.32. The number of aryl methyl sites for hydroxylation is 2. The summed E-state index contributed by atoms with van der Waals surface area (Å²) in [4.78, 5) is 8.45. The van der Waals surface area contributed by atoms with Crippen molar-refractivity contribution in [3.63, 3.8) is 0 Å². The van der Waals surface area contributed by atoms with Crippen molar-refractivity contribution in [1.29, 1.82) is 0 Å². The van der Waals surface area contributed by atoms with Gasteiger partial charge in [-0.05, 0) is 51.1 Å². The molecule has 0 aromatic carbocycles. The second-order valence-electron chi connectivity index (χ2n) is 5.44. The van der Waals surface area contributed by atoms with Crippen LogP contribution < -0.4 is 5.32 Å². The van der Waals surface area contributed by atoms with Crippen LogP contribution in [-0.4, -0.2) is 31.1 Å². The van der Waals surface area contributed by atoms with Gasteiger partial charge in [-0.2, -0.15) is 0 Å². The summed E-state index contributed by atoms with van der Waals surface area (Å²) in [5.41, 5.74) is 0. The van der Waals surface area contributed by atoms with Gasteiger partial charge in [-0.15, -0.1) is 22.7 Å². The molecule has 2 aromatic heterocycles. The largest absolute Gasteiger partial charge is 0.315 e. The number of nitrogens with zero attached hydrogens (tertiary/aromatic N) is 1. The van der Waals surface area contributed by atoms with Gasteiger partial charge in [0.05, 0.1) is 6.04 Å². The van der Waals surface area contributed by atoms with Crippen LogP contribution in [-0.2, 0) is 0 Å². The van der Waals surface area contributed by atoms with Gasteiger partial charge < -0.3 is 5.32 Å². The van der Waals surface area contributed by atoms with Crippen molar-refractivity contribution < 1.29 is 0 Å². The predicted octanol–water partition coefficient (Wildman–Crippen LogP) is 3.81. The van der Waals surface area contributed by atoms with E-state index in [0.717, 1.165) is 19.6 Å². The first kappa shape index (κ1) is 14.3. The number of hydrogen-bond acceptors (Lipinski definition) is 4. The molecule has 1 fully saturated rings. The van der Waals surface area contributed by atoms with Gasteiger partial charge in [-0.3, -0.25) is 4.90 Å². The van der Waals surface area contributed by atoms with Crippen LogP contribution in [0.4, 0.5) is 0 Å². The molecule has 4 heteroatoms. The van der Waals surface area contributed by atoms with E-state index in [0.29, 0.717) is 6.04 Å². The minimum Gasteiger partial charge on any atom is -0.315 e. The number of rotatable bonds is 3. The highest BCUT2D eigenvalue weighted by Crippen LogP contribution is 2.36. The molecule has 2 aromatic rings. The van der Waals surface area contributed by atoms with E-state index in [-0.39, 0.29) is 0 Å². The van der Waals surface area contributed by atoms with E-state index >= 15 is 0 Å². The molecule has 1 saturated heterocycles. The van der Waals surface area contributed by atoms with E-state index < -0.39 is 0 Å². The molecule has 0 atom stereocenters. The molecule has 3 heterocycles. The van der Waals surface area contributed by atoms with E-state index in [9.17, 15) is 0 Å². The molecule has 0 saturated carbocycles. The maximum Gasteiger partial charge on any atom is 0.0790 e. The monoisotopic (exact) mass is 306 g/mol. The summed E-state index contributed by atoms with van der Waals surface area (Å²) in [5.74, 6) is 0. The Morgan fingerprint density at radius 1 is 0.950 bits per heavy atom. The molecule has 1 aliphatic rings. The van der Waals surface area contributed by atoms with Crippen molar-refractivity contribution in [2.45, 2.75) is 26.3 Å². The summed E-state index contributed by atoms with van der Waals surface area (Å²) in [6, 6.07) is 9.59. The van der Waals surface area contributed by atoms with E-state index in [2.05, 4.69) is 48.3 Å². The molecule has 20 heavy (non-hydrogen) atoms. The summed E-state index contributed by atoms with van der Waals surface area (Å²) in [7, 11) is 0. The van der Waals surface area contributed by atoms with Crippen LogP contribution in [0.15, 0.2) is 24.3 Å². The third kappa shape index (κ3) is 3.14. The van der Waals surface area contributed by atoms with Crippen LogP contribution in [0.2, 0.25) is 0 Å². The van der Waals surface area contributed by atoms with E-state index in [1.807, 2.05) is 22.7 Å². The van der Waals surface area contributed by atoms with Gasteiger partial charge in [0.15, 0.2) is 0 Å². The van der Waals surface area contributed by atoms with Crippen molar-refractivity contribution in [1.82, 2.24) is 10.2 Å². The molecule has 0 radical (unpaired) electrons. The second kappa shape index (κ2) is 6.39. The molecular formula is C16H22N2S2. The van der Waals surface area contributed by atoms with Gasteiger partial charge in [0, 0.05) is 39.1 Å². The van der Waals surface area contributed by atoms with Gasteiger partial charge in [-0.1, -0.05) is 0 Å². The normalized spacial score (nSPS) is 17.6. The van der Waals surface area contributed by atoms with Crippen LogP contribution in [0.1, 0.15) is 32.0 Å². The first-order valence-electron chi connectivity index (χ1n) is 7.31. The predicted molar refractivity (Wildman–Crippen MR) is 89.0 cm³/mol. The van der Waals surface area contributed by atoms with Crippen molar-refractivity contribution in [2.24, 2.45) is 0 Å². The third-order valence-corrected chi connectivity index (χ3v) is 5.91. The number of hydrogen-bond donors (Lipinski definition) is 1. The third-order valence-electron chi connectivity index (χ3n) is 3.80. The average molecular weight is 307 g/mol. The molecular weight excluding hydrogens is 284 g/mol. The van der Waals surface area contributed by atoms with Gasteiger partial charge in [0.1, 0.15) is 0 Å². The fraction of sp³-hybridized carbons (Fsp3) is 0.500. The lowest BCUT2D eigenvalue weighted by atomic mass is 10.1.